The Morgan fingerprint density at radius 3 is 2.70 bits per heavy atom. The molecule has 1 aromatic rings. The molecule has 0 aliphatic heterocycles. The van der Waals surface area contributed by atoms with Crippen molar-refractivity contribution in [3.8, 4) is 0 Å². The zero-order valence-corrected chi connectivity index (χ0v) is 13.6. The topological polar surface area (TPSA) is 69.6 Å². The summed E-state index contributed by atoms with van der Waals surface area (Å²) in [7, 11) is 1.61. The molecule has 0 fully saturated rings. The summed E-state index contributed by atoms with van der Waals surface area (Å²) in [5, 5.41) is 11.8. The molecule has 20 heavy (non-hydrogen) atoms. The second-order valence-electron chi connectivity index (χ2n) is 4.43. The number of benzene rings is 1. The average Bonchev–Trinajstić information content (AvgIpc) is 2.35. The lowest BCUT2D eigenvalue weighted by Crippen LogP contribution is -2.32. The van der Waals surface area contributed by atoms with Gasteiger partial charge in [0.05, 0.1) is 5.69 Å². The molecular formula is C13H16BrClN2O3. The molecule has 2 N–H and O–H groups in total. The van der Waals surface area contributed by atoms with Crippen LogP contribution in [0.1, 0.15) is 18.4 Å². The summed E-state index contributed by atoms with van der Waals surface area (Å²) in [4.78, 5) is 23.8. The number of nitrogens with zero attached hydrogens (tertiary/aromatic N) is 1. The molecule has 0 bridgehead atoms. The SMILES string of the molecule is Cc1cc(Br)c(NC(=O)N(C)CCCC(=O)O)cc1Cl. The van der Waals surface area contributed by atoms with Gasteiger partial charge in [0.15, 0.2) is 0 Å². The van der Waals surface area contributed by atoms with Crippen LogP contribution < -0.4 is 5.32 Å². The maximum absolute atomic E-state index is 11.9. The normalized spacial score (nSPS) is 10.2. The summed E-state index contributed by atoms with van der Waals surface area (Å²) in [6, 6.07) is 3.18. The van der Waals surface area contributed by atoms with Gasteiger partial charge in [-0.15, -0.1) is 0 Å². The molecule has 0 aliphatic rings. The minimum atomic E-state index is -0.869. The number of amides is 2. The third-order valence-corrected chi connectivity index (χ3v) is 3.78. The van der Waals surface area contributed by atoms with E-state index in [0.717, 1.165) is 10.0 Å². The van der Waals surface area contributed by atoms with E-state index in [9.17, 15) is 9.59 Å². The molecule has 5 nitrogen and oxygen atoms in total. The molecule has 0 saturated carbocycles. The molecule has 1 rings (SSSR count). The van der Waals surface area contributed by atoms with Gasteiger partial charge in [0.2, 0.25) is 0 Å². The van der Waals surface area contributed by atoms with Crippen LogP contribution in [0, 0.1) is 6.92 Å². The number of carbonyl (C=O) groups is 2. The van der Waals surface area contributed by atoms with Crippen molar-refractivity contribution >= 4 is 45.2 Å². The third kappa shape index (κ3) is 5.02. The van der Waals surface area contributed by atoms with Gasteiger partial charge in [-0.3, -0.25) is 4.79 Å². The molecular weight excluding hydrogens is 348 g/mol. The van der Waals surface area contributed by atoms with Crippen LogP contribution >= 0.6 is 27.5 Å². The van der Waals surface area contributed by atoms with E-state index >= 15 is 0 Å². The van der Waals surface area contributed by atoms with Gasteiger partial charge in [-0.05, 0) is 47.0 Å². The number of anilines is 1. The van der Waals surface area contributed by atoms with Crippen molar-refractivity contribution in [2.45, 2.75) is 19.8 Å². The summed E-state index contributed by atoms with van der Waals surface area (Å²) in [6.45, 7) is 2.24. The van der Waals surface area contributed by atoms with Gasteiger partial charge in [-0.2, -0.15) is 0 Å². The molecule has 2 amide bonds. The van der Waals surface area contributed by atoms with Gasteiger partial charge in [0, 0.05) is 29.5 Å². The number of urea groups is 1. The zero-order chi connectivity index (χ0) is 15.3. The number of aryl methyl sites for hydroxylation is 1. The number of carbonyl (C=O) groups excluding carboxylic acids is 1. The van der Waals surface area contributed by atoms with E-state index in [1.165, 1.54) is 4.90 Å². The van der Waals surface area contributed by atoms with Crippen LogP contribution in [0.15, 0.2) is 16.6 Å². The van der Waals surface area contributed by atoms with Gasteiger partial charge in [0.1, 0.15) is 0 Å². The first-order valence-electron chi connectivity index (χ1n) is 6.01. The van der Waals surface area contributed by atoms with Crippen LogP contribution in [0.5, 0.6) is 0 Å². The number of halogens is 2. The Morgan fingerprint density at radius 1 is 1.45 bits per heavy atom. The van der Waals surface area contributed by atoms with Crippen LogP contribution in [-0.4, -0.2) is 35.6 Å². The lowest BCUT2D eigenvalue weighted by atomic mass is 10.2. The number of carboxylic acid groups (broad SMARTS) is 1. The van der Waals surface area contributed by atoms with E-state index in [-0.39, 0.29) is 12.5 Å². The van der Waals surface area contributed by atoms with Crippen molar-refractivity contribution in [1.82, 2.24) is 4.90 Å². The van der Waals surface area contributed by atoms with Crippen LogP contribution in [0.25, 0.3) is 0 Å². The lowest BCUT2D eigenvalue weighted by Gasteiger charge is -2.18. The molecule has 0 spiro atoms. The van der Waals surface area contributed by atoms with Gasteiger partial charge < -0.3 is 15.3 Å². The van der Waals surface area contributed by atoms with Crippen molar-refractivity contribution in [3.05, 3.63) is 27.2 Å². The minimum absolute atomic E-state index is 0.0394. The van der Waals surface area contributed by atoms with E-state index < -0.39 is 5.97 Å². The Morgan fingerprint density at radius 2 is 2.10 bits per heavy atom. The van der Waals surface area contributed by atoms with E-state index in [4.69, 9.17) is 16.7 Å². The number of hydrogen-bond acceptors (Lipinski definition) is 2. The van der Waals surface area contributed by atoms with Crippen LogP contribution in [0.2, 0.25) is 5.02 Å². The Kier molecular flexibility index (Phi) is 6.29. The predicted octanol–water partition coefficient (Wildman–Crippen LogP) is 3.74. The number of aliphatic carboxylic acids is 1. The maximum Gasteiger partial charge on any atom is 0.321 e. The summed E-state index contributed by atoms with van der Waals surface area (Å²) in [5.74, 6) is -0.869. The first kappa shape index (κ1) is 16.8. The Bertz CT molecular complexity index is 523. The molecule has 0 radical (unpaired) electrons. The second-order valence-corrected chi connectivity index (χ2v) is 5.69. The van der Waals surface area contributed by atoms with Crippen molar-refractivity contribution in [1.29, 1.82) is 0 Å². The summed E-state index contributed by atoms with van der Waals surface area (Å²) < 4.78 is 0.742. The third-order valence-electron chi connectivity index (χ3n) is 2.72. The number of nitrogens with one attached hydrogen (secondary N) is 1. The monoisotopic (exact) mass is 362 g/mol. The highest BCUT2D eigenvalue weighted by Crippen LogP contribution is 2.29. The number of rotatable bonds is 5. The molecule has 1 aromatic carbocycles. The molecule has 0 heterocycles. The first-order chi connectivity index (χ1) is 9.31. The fraction of sp³-hybridized carbons (Fsp3) is 0.385. The fourth-order valence-electron chi connectivity index (χ4n) is 1.52. The van der Waals surface area contributed by atoms with Crippen LogP contribution in [-0.2, 0) is 4.79 Å². The fourth-order valence-corrected chi connectivity index (χ4v) is 2.24. The summed E-state index contributed by atoms with van der Waals surface area (Å²) in [6.07, 6.45) is 0.451. The highest BCUT2D eigenvalue weighted by Gasteiger charge is 2.12. The maximum atomic E-state index is 11.9. The average molecular weight is 364 g/mol. The molecule has 0 saturated heterocycles. The number of carboxylic acids is 1. The van der Waals surface area contributed by atoms with Crippen molar-refractivity contribution < 1.29 is 14.7 Å². The van der Waals surface area contributed by atoms with E-state index in [0.29, 0.717) is 23.7 Å². The first-order valence-corrected chi connectivity index (χ1v) is 7.18. The van der Waals surface area contributed by atoms with Gasteiger partial charge in [0.25, 0.3) is 0 Å². The summed E-state index contributed by atoms with van der Waals surface area (Å²) >= 11 is 9.38. The van der Waals surface area contributed by atoms with Gasteiger partial charge in [-0.25, -0.2) is 4.79 Å². The van der Waals surface area contributed by atoms with Crippen LogP contribution in [0.4, 0.5) is 10.5 Å². The number of hydrogen-bond donors (Lipinski definition) is 2. The van der Waals surface area contributed by atoms with E-state index in [1.54, 1.807) is 13.1 Å². The highest BCUT2D eigenvalue weighted by atomic mass is 79.9. The van der Waals surface area contributed by atoms with Gasteiger partial charge >= 0.3 is 12.0 Å². The minimum Gasteiger partial charge on any atom is -0.481 e. The Balaban J connectivity index is 2.61. The Labute approximate surface area is 131 Å². The van der Waals surface area contributed by atoms with Crippen molar-refractivity contribution in [2.75, 3.05) is 18.9 Å². The van der Waals surface area contributed by atoms with Crippen molar-refractivity contribution in [2.24, 2.45) is 0 Å². The quantitative estimate of drug-likeness (QED) is 0.837. The second kappa shape index (κ2) is 7.50. The molecule has 0 aliphatic carbocycles. The molecule has 0 aromatic heterocycles. The standard InChI is InChI=1S/C13H16BrClN2O3/c1-8-6-9(14)11(7-10(8)15)16-13(20)17(2)5-3-4-12(18)19/h6-7H,3-5H2,1-2H3,(H,16,20)(H,18,19). The highest BCUT2D eigenvalue weighted by molar-refractivity contribution is 9.10. The van der Waals surface area contributed by atoms with Crippen molar-refractivity contribution in [3.63, 3.8) is 0 Å². The zero-order valence-electron chi connectivity index (χ0n) is 11.2. The Hall–Kier alpha value is -1.27. The van der Waals surface area contributed by atoms with Crippen LogP contribution in [0.3, 0.4) is 0 Å². The molecule has 0 atom stereocenters. The van der Waals surface area contributed by atoms with Gasteiger partial charge in [-0.1, -0.05) is 11.6 Å². The smallest absolute Gasteiger partial charge is 0.321 e. The predicted molar refractivity (Wildman–Crippen MR) is 82.4 cm³/mol. The largest absolute Gasteiger partial charge is 0.481 e. The van der Waals surface area contributed by atoms with E-state index in [1.807, 2.05) is 13.0 Å². The summed E-state index contributed by atoms with van der Waals surface area (Å²) in [5.41, 5.74) is 1.49. The lowest BCUT2D eigenvalue weighted by molar-refractivity contribution is -0.137. The molecule has 7 heteroatoms. The van der Waals surface area contributed by atoms with E-state index in [2.05, 4.69) is 21.2 Å². The molecule has 110 valence electrons. The molecule has 0 unspecified atom stereocenters.